The first-order chi connectivity index (χ1) is 11.7. The SMILES string of the molecule is CCCCCCC/C=[C](/CO)[Sn]([CH2]CCC)([CH2]CCC)[CH2]CCC. The van der Waals surface area contributed by atoms with Crippen molar-refractivity contribution in [1.82, 2.24) is 0 Å². The molecule has 0 radical (unpaired) electrons. The molecule has 0 rings (SSSR count). The van der Waals surface area contributed by atoms with Gasteiger partial charge in [-0.1, -0.05) is 0 Å². The molecule has 0 unspecified atom stereocenters. The van der Waals surface area contributed by atoms with E-state index in [2.05, 4.69) is 33.8 Å². The predicted octanol–water partition coefficient (Wildman–Crippen LogP) is 7.65. The Bertz CT molecular complexity index is 277. The molecule has 0 aliphatic carbocycles. The number of aliphatic hydroxyl groups is 1. The summed E-state index contributed by atoms with van der Waals surface area (Å²) in [6, 6.07) is 0. The van der Waals surface area contributed by atoms with E-state index in [1.54, 1.807) is 3.59 Å². The Hall–Kier alpha value is 0.499. The van der Waals surface area contributed by atoms with Crippen molar-refractivity contribution >= 4 is 18.4 Å². The fourth-order valence-corrected chi connectivity index (χ4v) is 20.2. The maximum absolute atomic E-state index is 10.2. The van der Waals surface area contributed by atoms with Gasteiger partial charge < -0.3 is 0 Å². The standard InChI is InChI=1S/C10H19O.3C4H9.Sn/c1-2-3-4-5-6-7-8-9-10-11;3*1-3-4-2;/h8,11H,2-7,10H2,1H3;3*1,3-4H2,2H3;. The molecule has 144 valence electrons. The number of hydrogen-bond acceptors (Lipinski definition) is 1. The molecule has 0 spiro atoms. The Morgan fingerprint density at radius 3 is 1.54 bits per heavy atom. The van der Waals surface area contributed by atoms with Crippen LogP contribution in [0.15, 0.2) is 9.67 Å². The van der Waals surface area contributed by atoms with Crippen molar-refractivity contribution in [2.45, 2.75) is 118 Å². The number of rotatable bonds is 17. The summed E-state index contributed by atoms with van der Waals surface area (Å²) in [7, 11) is 0. The van der Waals surface area contributed by atoms with E-state index < -0.39 is 18.4 Å². The maximum atomic E-state index is 10.2. The van der Waals surface area contributed by atoms with Crippen LogP contribution in [-0.2, 0) is 0 Å². The van der Waals surface area contributed by atoms with Gasteiger partial charge in [-0.05, 0) is 0 Å². The Labute approximate surface area is 157 Å². The summed E-state index contributed by atoms with van der Waals surface area (Å²) in [5, 5.41) is 10.2. The summed E-state index contributed by atoms with van der Waals surface area (Å²) < 4.78 is 6.02. The summed E-state index contributed by atoms with van der Waals surface area (Å²) in [5.74, 6) is 0. The summed E-state index contributed by atoms with van der Waals surface area (Å²) in [4.78, 5) is 0. The zero-order valence-corrected chi connectivity index (χ0v) is 20.2. The van der Waals surface area contributed by atoms with Gasteiger partial charge in [0.15, 0.2) is 0 Å². The van der Waals surface area contributed by atoms with E-state index in [0.717, 1.165) is 0 Å². The third kappa shape index (κ3) is 10.5. The van der Waals surface area contributed by atoms with E-state index in [-0.39, 0.29) is 0 Å². The Balaban J connectivity index is 4.96. The average Bonchev–Trinajstić information content (AvgIpc) is 2.61. The number of allylic oxidation sites excluding steroid dienone is 1. The zero-order valence-electron chi connectivity index (χ0n) is 17.3. The Morgan fingerprint density at radius 2 is 1.12 bits per heavy atom. The molecule has 0 bridgehead atoms. The molecule has 0 aromatic carbocycles. The van der Waals surface area contributed by atoms with Gasteiger partial charge >= 0.3 is 158 Å². The van der Waals surface area contributed by atoms with Crippen molar-refractivity contribution in [3.8, 4) is 0 Å². The molecular weight excluding hydrogens is 399 g/mol. The van der Waals surface area contributed by atoms with E-state index in [4.69, 9.17) is 0 Å². The minimum atomic E-state index is -2.34. The van der Waals surface area contributed by atoms with Gasteiger partial charge in [0.1, 0.15) is 0 Å². The van der Waals surface area contributed by atoms with Crippen LogP contribution in [-0.4, -0.2) is 30.1 Å². The summed E-state index contributed by atoms with van der Waals surface area (Å²) >= 11 is -2.34. The molecule has 0 saturated carbocycles. The van der Waals surface area contributed by atoms with E-state index in [1.807, 2.05) is 0 Å². The van der Waals surface area contributed by atoms with Crippen molar-refractivity contribution in [1.29, 1.82) is 0 Å². The number of aliphatic hydroxyl groups excluding tert-OH is 1. The van der Waals surface area contributed by atoms with Gasteiger partial charge in [-0.3, -0.25) is 0 Å². The van der Waals surface area contributed by atoms with Crippen LogP contribution in [0.5, 0.6) is 0 Å². The minimum absolute atomic E-state index is 0.363. The van der Waals surface area contributed by atoms with Crippen LogP contribution in [0.25, 0.3) is 0 Å². The van der Waals surface area contributed by atoms with Crippen molar-refractivity contribution < 1.29 is 5.11 Å². The van der Waals surface area contributed by atoms with Gasteiger partial charge in [0.25, 0.3) is 0 Å². The molecule has 1 nitrogen and oxygen atoms in total. The van der Waals surface area contributed by atoms with E-state index in [0.29, 0.717) is 6.61 Å². The molecule has 0 atom stereocenters. The fraction of sp³-hybridized carbons (Fsp3) is 0.909. The van der Waals surface area contributed by atoms with Crippen molar-refractivity contribution in [2.75, 3.05) is 6.61 Å². The second-order valence-corrected chi connectivity index (χ2v) is 21.1. The normalized spacial score (nSPS) is 12.8. The van der Waals surface area contributed by atoms with Gasteiger partial charge in [0.05, 0.1) is 0 Å². The third-order valence-electron chi connectivity index (χ3n) is 5.58. The molecule has 0 heterocycles. The quantitative estimate of drug-likeness (QED) is 0.180. The molecular formula is C22H46OSn. The van der Waals surface area contributed by atoms with Gasteiger partial charge in [-0.25, -0.2) is 0 Å². The van der Waals surface area contributed by atoms with Gasteiger partial charge in [-0.2, -0.15) is 0 Å². The molecule has 0 aromatic rings. The molecule has 0 aromatic heterocycles. The summed E-state index contributed by atoms with van der Waals surface area (Å²) in [6.07, 6.45) is 18.6. The first kappa shape index (κ1) is 24.5. The predicted molar refractivity (Wildman–Crippen MR) is 113 cm³/mol. The molecule has 0 amide bonds. The summed E-state index contributed by atoms with van der Waals surface area (Å²) in [5.41, 5.74) is 0. The average molecular weight is 445 g/mol. The first-order valence-electron chi connectivity index (χ1n) is 11.0. The van der Waals surface area contributed by atoms with Gasteiger partial charge in [-0.15, -0.1) is 0 Å². The number of unbranched alkanes of at least 4 members (excludes halogenated alkanes) is 8. The second-order valence-electron chi connectivity index (χ2n) is 7.68. The van der Waals surface area contributed by atoms with Crippen LogP contribution in [0, 0.1) is 0 Å². The fourth-order valence-electron chi connectivity index (χ4n) is 3.88. The molecule has 0 fully saturated rings. The zero-order chi connectivity index (χ0) is 18.1. The Kier molecular flexibility index (Phi) is 17.3. The van der Waals surface area contributed by atoms with Crippen LogP contribution in [0.1, 0.15) is 105 Å². The third-order valence-corrected chi connectivity index (χ3v) is 21.7. The number of hydrogen-bond donors (Lipinski definition) is 1. The van der Waals surface area contributed by atoms with E-state index in [1.165, 1.54) is 90.4 Å². The molecule has 0 saturated heterocycles. The van der Waals surface area contributed by atoms with Crippen LogP contribution >= 0.6 is 0 Å². The molecule has 0 aliphatic rings. The van der Waals surface area contributed by atoms with Crippen LogP contribution < -0.4 is 0 Å². The van der Waals surface area contributed by atoms with Gasteiger partial charge in [0, 0.05) is 0 Å². The molecule has 2 heteroatoms. The van der Waals surface area contributed by atoms with E-state index in [9.17, 15) is 5.11 Å². The summed E-state index contributed by atoms with van der Waals surface area (Å²) in [6.45, 7) is 9.62. The first-order valence-corrected chi connectivity index (χ1v) is 18.5. The van der Waals surface area contributed by atoms with Gasteiger partial charge in [0.2, 0.25) is 0 Å². The van der Waals surface area contributed by atoms with E-state index >= 15 is 0 Å². The van der Waals surface area contributed by atoms with Crippen LogP contribution in [0.2, 0.25) is 13.3 Å². The van der Waals surface area contributed by atoms with Crippen molar-refractivity contribution in [3.63, 3.8) is 0 Å². The van der Waals surface area contributed by atoms with Crippen LogP contribution in [0.3, 0.4) is 0 Å². The molecule has 0 aliphatic heterocycles. The van der Waals surface area contributed by atoms with Crippen LogP contribution in [0.4, 0.5) is 0 Å². The molecule has 1 N–H and O–H groups in total. The van der Waals surface area contributed by atoms with Crippen molar-refractivity contribution in [2.24, 2.45) is 0 Å². The molecule has 24 heavy (non-hydrogen) atoms. The van der Waals surface area contributed by atoms with Crippen molar-refractivity contribution in [3.05, 3.63) is 9.67 Å². The second kappa shape index (κ2) is 16.9. The monoisotopic (exact) mass is 446 g/mol. The topological polar surface area (TPSA) is 20.2 Å². The Morgan fingerprint density at radius 1 is 0.667 bits per heavy atom.